The second-order valence-electron chi connectivity index (χ2n) is 9.34. The summed E-state index contributed by atoms with van der Waals surface area (Å²) in [6, 6.07) is 12.9. The van der Waals surface area contributed by atoms with Crippen molar-refractivity contribution in [2.24, 2.45) is 0 Å². The van der Waals surface area contributed by atoms with Crippen molar-refractivity contribution in [1.82, 2.24) is 0 Å². The highest BCUT2D eigenvalue weighted by molar-refractivity contribution is 7.93. The van der Waals surface area contributed by atoms with Crippen LogP contribution in [0.4, 0.5) is 0 Å². The molecule has 0 N–H and O–H groups in total. The van der Waals surface area contributed by atoms with Gasteiger partial charge in [0.15, 0.2) is 19.7 Å². The van der Waals surface area contributed by atoms with Crippen molar-refractivity contribution >= 4 is 19.7 Å². The van der Waals surface area contributed by atoms with Crippen molar-refractivity contribution in [3.63, 3.8) is 0 Å². The molecule has 0 spiro atoms. The maximum Gasteiger partial charge on any atom is 0.181 e. The summed E-state index contributed by atoms with van der Waals surface area (Å²) in [4.78, 5) is 0.248. The van der Waals surface area contributed by atoms with Crippen LogP contribution in [0, 0.1) is 0 Å². The Morgan fingerprint density at radius 2 is 1.19 bits per heavy atom. The number of sulfone groups is 2. The van der Waals surface area contributed by atoms with E-state index in [1.165, 1.54) is 0 Å². The summed E-state index contributed by atoms with van der Waals surface area (Å²) in [6.07, 6.45) is 8.51. The predicted molar refractivity (Wildman–Crippen MR) is 124 cm³/mol. The monoisotopic (exact) mass is 458 g/mol. The van der Waals surface area contributed by atoms with E-state index >= 15 is 0 Å². The van der Waals surface area contributed by atoms with Gasteiger partial charge in [-0.3, -0.25) is 0 Å². The van der Waals surface area contributed by atoms with Crippen LogP contribution in [-0.2, 0) is 19.7 Å². The third-order valence-electron chi connectivity index (χ3n) is 7.50. The quantitative estimate of drug-likeness (QED) is 0.597. The molecule has 1 unspecified atom stereocenters. The highest BCUT2D eigenvalue weighted by atomic mass is 32.2. The topological polar surface area (TPSA) is 68.3 Å². The standard InChI is InChI=1S/C25H30O4S2/c26-30(27,18-10-3-1-4-11-18)23-17-9-16-21-20-14-7-8-15-22(20)25(24(21)23)31(28,29)19-12-5-2-6-13-19/h7-9,14-19,25H,1-6,10-13H2. The Kier molecular flexibility index (Phi) is 5.50. The van der Waals surface area contributed by atoms with Crippen LogP contribution in [0.1, 0.15) is 80.6 Å². The van der Waals surface area contributed by atoms with E-state index in [9.17, 15) is 16.8 Å². The highest BCUT2D eigenvalue weighted by Crippen LogP contribution is 2.52. The lowest BCUT2D eigenvalue weighted by molar-refractivity contribution is 0.479. The zero-order valence-corrected chi connectivity index (χ0v) is 19.4. The number of fused-ring (bicyclic) bond motifs is 3. The first-order valence-corrected chi connectivity index (χ1v) is 14.8. The molecular weight excluding hydrogens is 428 g/mol. The number of hydrogen-bond donors (Lipinski definition) is 0. The van der Waals surface area contributed by atoms with E-state index in [0.29, 0.717) is 31.2 Å². The van der Waals surface area contributed by atoms with E-state index in [4.69, 9.17) is 0 Å². The summed E-state index contributed by atoms with van der Waals surface area (Å²) in [5, 5.41) is -1.68. The van der Waals surface area contributed by atoms with Gasteiger partial charge in [0.2, 0.25) is 0 Å². The molecule has 2 saturated carbocycles. The molecule has 0 amide bonds. The van der Waals surface area contributed by atoms with Gasteiger partial charge in [0.1, 0.15) is 5.25 Å². The lowest BCUT2D eigenvalue weighted by atomic mass is 10.0. The molecule has 0 aromatic heterocycles. The summed E-state index contributed by atoms with van der Waals surface area (Å²) in [5.41, 5.74) is 2.90. The SMILES string of the molecule is O=S(=O)(c1cccc2c1C(S(=O)(=O)C1CCCCC1)c1ccccc1-2)C1CCCCC1. The third kappa shape index (κ3) is 3.46. The zero-order valence-electron chi connectivity index (χ0n) is 17.8. The molecule has 2 fully saturated rings. The first-order chi connectivity index (χ1) is 14.9. The Hall–Kier alpha value is -1.66. The van der Waals surface area contributed by atoms with Crippen molar-refractivity contribution in [2.75, 3.05) is 0 Å². The van der Waals surface area contributed by atoms with Gasteiger partial charge in [-0.15, -0.1) is 0 Å². The summed E-state index contributed by atoms with van der Waals surface area (Å²) < 4.78 is 55.5. The van der Waals surface area contributed by atoms with Gasteiger partial charge < -0.3 is 0 Å². The third-order valence-corrected chi connectivity index (χ3v) is 12.4. The van der Waals surface area contributed by atoms with Crippen molar-refractivity contribution in [3.05, 3.63) is 53.6 Å². The molecule has 4 nitrogen and oxygen atoms in total. The Morgan fingerprint density at radius 3 is 1.87 bits per heavy atom. The lowest BCUT2D eigenvalue weighted by Gasteiger charge is -2.28. The molecule has 1 atom stereocenters. The van der Waals surface area contributed by atoms with E-state index in [1.807, 2.05) is 30.3 Å². The molecule has 0 radical (unpaired) electrons. The number of benzene rings is 2. The molecular formula is C25H30O4S2. The van der Waals surface area contributed by atoms with Crippen molar-refractivity contribution in [2.45, 2.75) is 84.9 Å². The van der Waals surface area contributed by atoms with Gasteiger partial charge in [-0.1, -0.05) is 74.9 Å². The van der Waals surface area contributed by atoms with Crippen LogP contribution in [0.2, 0.25) is 0 Å². The van der Waals surface area contributed by atoms with Gasteiger partial charge in [-0.2, -0.15) is 0 Å². The second-order valence-corrected chi connectivity index (χ2v) is 13.9. The molecule has 0 heterocycles. The molecule has 2 aromatic rings. The molecule has 3 aliphatic rings. The molecule has 5 rings (SSSR count). The van der Waals surface area contributed by atoms with Crippen LogP contribution in [0.25, 0.3) is 11.1 Å². The largest absolute Gasteiger partial charge is 0.228 e. The van der Waals surface area contributed by atoms with Gasteiger partial charge in [-0.25, -0.2) is 16.8 Å². The lowest BCUT2D eigenvalue weighted by Crippen LogP contribution is -2.30. The number of hydrogen-bond acceptors (Lipinski definition) is 4. The van der Waals surface area contributed by atoms with Gasteiger partial charge in [0, 0.05) is 5.56 Å². The molecule has 3 aliphatic carbocycles. The molecule has 166 valence electrons. The first-order valence-electron chi connectivity index (χ1n) is 11.6. The van der Waals surface area contributed by atoms with E-state index in [1.54, 1.807) is 12.1 Å². The fraction of sp³-hybridized carbons (Fsp3) is 0.520. The molecule has 31 heavy (non-hydrogen) atoms. The second kappa shape index (κ2) is 8.04. The summed E-state index contributed by atoms with van der Waals surface area (Å²) in [6.45, 7) is 0. The smallest absolute Gasteiger partial charge is 0.181 e. The van der Waals surface area contributed by atoms with Crippen LogP contribution in [0.15, 0.2) is 47.4 Å². The summed E-state index contributed by atoms with van der Waals surface area (Å²) >= 11 is 0. The van der Waals surface area contributed by atoms with Crippen molar-refractivity contribution < 1.29 is 16.8 Å². The first kappa shape index (κ1) is 21.2. The van der Waals surface area contributed by atoms with E-state index < -0.39 is 35.4 Å². The summed E-state index contributed by atoms with van der Waals surface area (Å²) in [7, 11) is -7.16. The fourth-order valence-corrected chi connectivity index (χ4v) is 10.6. The van der Waals surface area contributed by atoms with E-state index in [-0.39, 0.29) is 4.90 Å². The van der Waals surface area contributed by atoms with Gasteiger partial charge in [0.25, 0.3) is 0 Å². The Morgan fingerprint density at radius 1 is 0.613 bits per heavy atom. The average molecular weight is 459 g/mol. The van der Waals surface area contributed by atoms with Crippen LogP contribution in [-0.4, -0.2) is 27.3 Å². The molecule has 2 aromatic carbocycles. The maximum absolute atomic E-state index is 14.0. The van der Waals surface area contributed by atoms with E-state index in [0.717, 1.165) is 55.2 Å². The van der Waals surface area contributed by atoms with Crippen molar-refractivity contribution in [1.29, 1.82) is 0 Å². The van der Waals surface area contributed by atoms with Crippen molar-refractivity contribution in [3.8, 4) is 11.1 Å². The minimum atomic E-state index is -3.59. The van der Waals surface area contributed by atoms with Crippen LogP contribution in [0.5, 0.6) is 0 Å². The zero-order chi connectivity index (χ0) is 21.6. The minimum absolute atomic E-state index is 0.248. The fourth-order valence-electron chi connectivity index (χ4n) is 5.91. The predicted octanol–water partition coefficient (Wildman–Crippen LogP) is 5.61. The number of rotatable bonds is 4. The Bertz CT molecular complexity index is 1190. The molecule has 6 heteroatoms. The summed E-state index contributed by atoms with van der Waals surface area (Å²) in [5.74, 6) is 0. The average Bonchev–Trinajstić information content (AvgIpc) is 3.15. The van der Waals surface area contributed by atoms with Gasteiger partial charge >= 0.3 is 0 Å². The maximum atomic E-state index is 14.0. The van der Waals surface area contributed by atoms with Gasteiger partial charge in [0.05, 0.1) is 15.4 Å². The van der Waals surface area contributed by atoms with Gasteiger partial charge in [-0.05, 0) is 48.4 Å². The normalized spacial score (nSPS) is 22.8. The minimum Gasteiger partial charge on any atom is -0.228 e. The molecule has 0 bridgehead atoms. The van der Waals surface area contributed by atoms with Crippen LogP contribution in [0.3, 0.4) is 0 Å². The molecule has 0 aliphatic heterocycles. The van der Waals surface area contributed by atoms with Crippen LogP contribution >= 0.6 is 0 Å². The molecule has 0 saturated heterocycles. The van der Waals surface area contributed by atoms with Crippen LogP contribution < -0.4 is 0 Å². The Balaban J connectivity index is 1.70. The van der Waals surface area contributed by atoms with E-state index in [2.05, 4.69) is 0 Å². The highest BCUT2D eigenvalue weighted by Gasteiger charge is 2.46. The Labute approximate surface area is 185 Å².